The Morgan fingerprint density at radius 3 is 1.54 bits per heavy atom. The van der Waals surface area contributed by atoms with Crippen LogP contribution < -0.4 is 10.6 Å². The van der Waals surface area contributed by atoms with Gasteiger partial charge in [-0.1, -0.05) is 105 Å². The van der Waals surface area contributed by atoms with Gasteiger partial charge in [-0.15, -0.1) is 0 Å². The predicted octanol–water partition coefficient (Wildman–Crippen LogP) is 5.31. The molecule has 0 bridgehead atoms. The number of benzene rings is 3. The standard InChI is InChI=1S/C23H23P/c1-18-22(19-12-6-3-7-13-19)23(18,2)24(20-14-8-4-9-15-20)21-16-10-5-11-17-21/h3-18,22H,1-2H3/t18-,22+,23?/m1/s1. The van der Waals surface area contributed by atoms with Crippen LogP contribution >= 0.6 is 7.92 Å². The molecule has 120 valence electrons. The van der Waals surface area contributed by atoms with Gasteiger partial charge in [-0.05, 0) is 35.9 Å². The van der Waals surface area contributed by atoms with Crippen molar-refractivity contribution in [1.29, 1.82) is 0 Å². The summed E-state index contributed by atoms with van der Waals surface area (Å²) >= 11 is 0. The van der Waals surface area contributed by atoms with E-state index in [0.29, 0.717) is 17.0 Å². The largest absolute Gasteiger partial charge is 0.0622 e. The van der Waals surface area contributed by atoms with Gasteiger partial charge < -0.3 is 0 Å². The lowest BCUT2D eigenvalue weighted by Gasteiger charge is -2.27. The first-order valence-corrected chi connectivity index (χ1v) is 10.0. The summed E-state index contributed by atoms with van der Waals surface area (Å²) in [5.74, 6) is 1.34. The Morgan fingerprint density at radius 2 is 1.08 bits per heavy atom. The van der Waals surface area contributed by atoms with Crippen LogP contribution in [0.4, 0.5) is 0 Å². The molecule has 3 aromatic carbocycles. The van der Waals surface area contributed by atoms with E-state index in [0.717, 1.165) is 0 Å². The highest BCUT2D eigenvalue weighted by atomic mass is 31.1. The maximum atomic E-state index is 2.50. The summed E-state index contributed by atoms with van der Waals surface area (Å²) in [7, 11) is -0.383. The van der Waals surface area contributed by atoms with Crippen molar-refractivity contribution < 1.29 is 0 Å². The highest BCUT2D eigenvalue weighted by Crippen LogP contribution is 2.73. The Kier molecular flexibility index (Phi) is 4.02. The van der Waals surface area contributed by atoms with Crippen LogP contribution in [0.15, 0.2) is 91.0 Å². The van der Waals surface area contributed by atoms with E-state index in [4.69, 9.17) is 0 Å². The fraction of sp³-hybridized carbons (Fsp3) is 0.217. The summed E-state index contributed by atoms with van der Waals surface area (Å²) in [5.41, 5.74) is 1.49. The molecule has 3 aromatic rings. The monoisotopic (exact) mass is 330 g/mol. The molecular weight excluding hydrogens is 307 g/mol. The molecule has 24 heavy (non-hydrogen) atoms. The Bertz CT molecular complexity index is 758. The third kappa shape index (κ3) is 2.50. The first kappa shape index (κ1) is 15.6. The zero-order valence-electron chi connectivity index (χ0n) is 14.3. The maximum absolute atomic E-state index is 2.50. The van der Waals surface area contributed by atoms with Crippen molar-refractivity contribution in [3.05, 3.63) is 96.6 Å². The van der Waals surface area contributed by atoms with E-state index < -0.39 is 0 Å². The van der Waals surface area contributed by atoms with Crippen LogP contribution in [0.1, 0.15) is 25.3 Å². The topological polar surface area (TPSA) is 0 Å². The summed E-state index contributed by atoms with van der Waals surface area (Å²) in [5, 5.41) is 3.30. The number of hydrogen-bond acceptors (Lipinski definition) is 0. The highest BCUT2D eigenvalue weighted by Gasteiger charge is 2.63. The molecule has 0 heterocycles. The van der Waals surface area contributed by atoms with Gasteiger partial charge in [0.15, 0.2) is 0 Å². The van der Waals surface area contributed by atoms with Crippen molar-refractivity contribution in [3.63, 3.8) is 0 Å². The van der Waals surface area contributed by atoms with E-state index >= 15 is 0 Å². The number of rotatable bonds is 4. The Morgan fingerprint density at radius 1 is 0.667 bits per heavy atom. The average Bonchev–Trinajstić information content (AvgIpc) is 3.19. The first-order valence-electron chi connectivity index (χ1n) is 8.68. The van der Waals surface area contributed by atoms with Crippen LogP contribution in [0, 0.1) is 5.92 Å². The van der Waals surface area contributed by atoms with Gasteiger partial charge in [0.25, 0.3) is 0 Å². The first-order chi connectivity index (χ1) is 11.7. The second-order valence-electron chi connectivity index (χ2n) is 6.91. The molecule has 0 aliphatic heterocycles. The maximum Gasteiger partial charge on any atom is 0.00606 e. The second kappa shape index (κ2) is 6.19. The SMILES string of the molecule is C[C@@H]1[C@@H](c2ccccc2)C1(C)P(c1ccccc1)c1ccccc1. The van der Waals surface area contributed by atoms with Crippen molar-refractivity contribution in [2.75, 3.05) is 0 Å². The van der Waals surface area contributed by atoms with Crippen LogP contribution in [0.5, 0.6) is 0 Å². The molecule has 1 unspecified atom stereocenters. The van der Waals surface area contributed by atoms with Crippen LogP contribution in [0.25, 0.3) is 0 Å². The van der Waals surface area contributed by atoms with Crippen molar-refractivity contribution in [2.24, 2.45) is 5.92 Å². The Hall–Kier alpha value is -1.91. The fourth-order valence-corrected chi connectivity index (χ4v) is 7.68. The summed E-state index contributed by atoms with van der Waals surface area (Å²) < 4.78 is 0. The normalized spacial score (nSPS) is 25.6. The van der Waals surface area contributed by atoms with E-state index in [-0.39, 0.29) is 7.92 Å². The lowest BCUT2D eigenvalue weighted by Crippen LogP contribution is -2.23. The van der Waals surface area contributed by atoms with E-state index in [1.165, 1.54) is 16.2 Å². The van der Waals surface area contributed by atoms with E-state index in [1.54, 1.807) is 0 Å². The molecule has 1 heteroatoms. The smallest absolute Gasteiger partial charge is 0.00606 e. The molecule has 0 aromatic heterocycles. The highest BCUT2D eigenvalue weighted by molar-refractivity contribution is 7.74. The predicted molar refractivity (Wildman–Crippen MR) is 106 cm³/mol. The van der Waals surface area contributed by atoms with Crippen LogP contribution in [0.3, 0.4) is 0 Å². The second-order valence-corrected chi connectivity index (χ2v) is 9.58. The van der Waals surface area contributed by atoms with Gasteiger partial charge in [-0.2, -0.15) is 0 Å². The summed E-state index contributed by atoms with van der Waals surface area (Å²) in [4.78, 5) is 0. The minimum Gasteiger partial charge on any atom is -0.0622 e. The Balaban J connectivity index is 1.80. The van der Waals surface area contributed by atoms with Crippen LogP contribution in [0.2, 0.25) is 0 Å². The van der Waals surface area contributed by atoms with Crippen LogP contribution in [-0.2, 0) is 0 Å². The van der Waals surface area contributed by atoms with Crippen molar-refractivity contribution in [2.45, 2.75) is 24.9 Å². The molecule has 0 nitrogen and oxygen atoms in total. The van der Waals surface area contributed by atoms with Gasteiger partial charge >= 0.3 is 0 Å². The zero-order valence-corrected chi connectivity index (χ0v) is 15.2. The molecule has 0 saturated heterocycles. The molecule has 0 N–H and O–H groups in total. The summed E-state index contributed by atoms with van der Waals surface area (Å²) in [6.45, 7) is 4.93. The van der Waals surface area contributed by atoms with E-state index in [9.17, 15) is 0 Å². The van der Waals surface area contributed by atoms with Gasteiger partial charge in [0, 0.05) is 5.16 Å². The molecule has 0 amide bonds. The van der Waals surface area contributed by atoms with Crippen LogP contribution in [-0.4, -0.2) is 5.16 Å². The van der Waals surface area contributed by atoms with Gasteiger partial charge in [-0.3, -0.25) is 0 Å². The zero-order chi connectivity index (χ0) is 16.6. The molecule has 0 radical (unpaired) electrons. The van der Waals surface area contributed by atoms with E-state index in [1.807, 2.05) is 0 Å². The molecule has 4 rings (SSSR count). The van der Waals surface area contributed by atoms with Gasteiger partial charge in [0.05, 0.1) is 0 Å². The minimum absolute atomic E-state index is 0.319. The molecule has 3 atom stereocenters. The third-order valence-corrected chi connectivity index (χ3v) is 8.89. The molecular formula is C23H23P. The molecule has 1 fully saturated rings. The van der Waals surface area contributed by atoms with Crippen molar-refractivity contribution >= 4 is 18.5 Å². The molecule has 0 spiro atoms. The quantitative estimate of drug-likeness (QED) is 0.569. The molecule has 1 aliphatic rings. The van der Waals surface area contributed by atoms with Gasteiger partial charge in [-0.25, -0.2) is 0 Å². The van der Waals surface area contributed by atoms with Crippen molar-refractivity contribution in [1.82, 2.24) is 0 Å². The van der Waals surface area contributed by atoms with Gasteiger partial charge in [0.1, 0.15) is 0 Å². The summed E-state index contributed by atoms with van der Waals surface area (Å²) in [6.07, 6.45) is 0. The molecule has 1 saturated carbocycles. The lowest BCUT2D eigenvalue weighted by atomic mass is 10.1. The Labute approximate surface area is 146 Å². The number of hydrogen-bond donors (Lipinski definition) is 0. The lowest BCUT2D eigenvalue weighted by molar-refractivity contribution is 0.868. The average molecular weight is 330 g/mol. The molecule has 1 aliphatic carbocycles. The van der Waals surface area contributed by atoms with Crippen molar-refractivity contribution in [3.8, 4) is 0 Å². The van der Waals surface area contributed by atoms with Gasteiger partial charge in [0.2, 0.25) is 0 Å². The fourth-order valence-electron chi connectivity index (χ4n) is 4.20. The summed E-state index contributed by atoms with van der Waals surface area (Å²) in [6, 6.07) is 33.3. The van der Waals surface area contributed by atoms with E-state index in [2.05, 4.69) is 105 Å². The minimum atomic E-state index is -0.383. The third-order valence-electron chi connectivity index (χ3n) is 5.61.